The zero-order chi connectivity index (χ0) is 15.3. The van der Waals surface area contributed by atoms with Gasteiger partial charge in [0, 0.05) is 19.7 Å². The van der Waals surface area contributed by atoms with Crippen molar-refractivity contribution in [2.45, 2.75) is 39.2 Å². The summed E-state index contributed by atoms with van der Waals surface area (Å²) < 4.78 is 0. The van der Waals surface area contributed by atoms with E-state index in [1.165, 1.54) is 19.3 Å². The minimum atomic E-state index is -0.885. The van der Waals surface area contributed by atoms with E-state index >= 15 is 0 Å². The molecular formula is C17H25NO3. The summed E-state index contributed by atoms with van der Waals surface area (Å²) in [5.41, 5.74) is 1.65. The second-order valence-electron chi connectivity index (χ2n) is 6.24. The van der Waals surface area contributed by atoms with E-state index in [9.17, 15) is 4.79 Å². The van der Waals surface area contributed by atoms with Gasteiger partial charge in [-0.15, -0.1) is 0 Å². The molecule has 0 radical (unpaired) electrons. The molecule has 3 N–H and O–H groups in total. The Bertz CT molecular complexity index is 483. The molecule has 1 unspecified atom stereocenters. The van der Waals surface area contributed by atoms with Gasteiger partial charge in [0.05, 0.1) is 5.56 Å². The van der Waals surface area contributed by atoms with E-state index in [1.807, 2.05) is 6.07 Å². The summed E-state index contributed by atoms with van der Waals surface area (Å²) in [5.74, 6) is -0.363. The van der Waals surface area contributed by atoms with Crippen LogP contribution in [0.2, 0.25) is 0 Å². The molecule has 0 bridgehead atoms. The van der Waals surface area contributed by atoms with E-state index in [0.29, 0.717) is 23.4 Å². The lowest BCUT2D eigenvalue weighted by Gasteiger charge is -2.47. The van der Waals surface area contributed by atoms with Crippen molar-refractivity contribution < 1.29 is 15.0 Å². The first kappa shape index (κ1) is 16.0. The molecule has 4 nitrogen and oxygen atoms in total. The van der Waals surface area contributed by atoms with Crippen molar-refractivity contribution >= 4 is 5.97 Å². The lowest BCUT2D eigenvalue weighted by Crippen LogP contribution is -2.44. The van der Waals surface area contributed by atoms with Gasteiger partial charge in [-0.2, -0.15) is 0 Å². The monoisotopic (exact) mass is 291 g/mol. The average Bonchev–Trinajstić information content (AvgIpc) is 2.42. The molecule has 4 heteroatoms. The number of nitrogens with one attached hydrogen (secondary N) is 1. The molecule has 1 saturated carbocycles. The van der Waals surface area contributed by atoms with Gasteiger partial charge in [0.25, 0.3) is 0 Å². The summed E-state index contributed by atoms with van der Waals surface area (Å²) in [5, 5.41) is 21.6. The molecule has 1 aromatic carbocycles. The lowest BCUT2D eigenvalue weighted by atomic mass is 9.60. The quantitative estimate of drug-likeness (QED) is 0.688. The third-order valence-corrected chi connectivity index (χ3v) is 4.94. The number of hydrogen-bond donors (Lipinski definition) is 3. The van der Waals surface area contributed by atoms with Crippen LogP contribution in [0, 0.1) is 11.3 Å². The van der Waals surface area contributed by atoms with Crippen LogP contribution in [-0.2, 0) is 6.54 Å². The Balaban J connectivity index is 1.88. The van der Waals surface area contributed by atoms with Gasteiger partial charge in [0.1, 0.15) is 0 Å². The van der Waals surface area contributed by atoms with Crippen LogP contribution in [0.5, 0.6) is 0 Å². The Labute approximate surface area is 126 Å². The number of carboxylic acids is 1. The van der Waals surface area contributed by atoms with Crippen molar-refractivity contribution in [2.75, 3.05) is 13.2 Å². The summed E-state index contributed by atoms with van der Waals surface area (Å²) in [6, 6.07) is 7.07. The number of hydrogen-bond acceptors (Lipinski definition) is 3. The van der Waals surface area contributed by atoms with Gasteiger partial charge in [-0.05, 0) is 48.3 Å². The van der Waals surface area contributed by atoms with Crippen LogP contribution < -0.4 is 5.32 Å². The number of aromatic carboxylic acids is 1. The SMILES string of the molecule is CC(CCO)C1(CNCc2cccc(C(=O)O)c2)CCC1. The van der Waals surface area contributed by atoms with Gasteiger partial charge in [-0.1, -0.05) is 25.5 Å². The van der Waals surface area contributed by atoms with Gasteiger partial charge < -0.3 is 15.5 Å². The van der Waals surface area contributed by atoms with Gasteiger partial charge in [-0.3, -0.25) is 0 Å². The van der Waals surface area contributed by atoms with Crippen LogP contribution in [0.25, 0.3) is 0 Å². The number of aliphatic hydroxyl groups is 1. The number of aliphatic hydroxyl groups excluding tert-OH is 1. The zero-order valence-corrected chi connectivity index (χ0v) is 12.6. The van der Waals surface area contributed by atoms with Crippen LogP contribution >= 0.6 is 0 Å². The van der Waals surface area contributed by atoms with Crippen molar-refractivity contribution in [3.05, 3.63) is 35.4 Å². The summed E-state index contributed by atoms with van der Waals surface area (Å²) in [6.45, 7) is 4.10. The summed E-state index contributed by atoms with van der Waals surface area (Å²) in [6.07, 6.45) is 4.56. The Kier molecular flexibility index (Phi) is 5.37. The fourth-order valence-corrected chi connectivity index (χ4v) is 3.24. The highest BCUT2D eigenvalue weighted by Crippen LogP contribution is 2.47. The van der Waals surface area contributed by atoms with Gasteiger partial charge in [0.2, 0.25) is 0 Å². The normalized spacial score (nSPS) is 18.0. The highest BCUT2D eigenvalue weighted by atomic mass is 16.4. The minimum absolute atomic E-state index is 0.254. The molecule has 0 heterocycles. The largest absolute Gasteiger partial charge is 0.478 e. The average molecular weight is 291 g/mol. The molecule has 2 rings (SSSR count). The maximum Gasteiger partial charge on any atom is 0.335 e. The molecule has 0 saturated heterocycles. The molecule has 0 amide bonds. The van der Waals surface area contributed by atoms with E-state index in [2.05, 4.69) is 12.2 Å². The molecule has 1 aliphatic rings. The third-order valence-electron chi connectivity index (χ3n) is 4.94. The first-order valence-electron chi connectivity index (χ1n) is 7.71. The number of carbonyl (C=O) groups is 1. The number of carboxylic acid groups (broad SMARTS) is 1. The van der Waals surface area contributed by atoms with E-state index in [1.54, 1.807) is 18.2 Å². The molecule has 0 aliphatic heterocycles. The lowest BCUT2D eigenvalue weighted by molar-refractivity contribution is 0.0427. The Morgan fingerprint density at radius 1 is 1.43 bits per heavy atom. The first-order chi connectivity index (χ1) is 10.1. The second-order valence-corrected chi connectivity index (χ2v) is 6.24. The molecule has 1 aromatic rings. The van der Waals surface area contributed by atoms with E-state index < -0.39 is 5.97 Å². The van der Waals surface area contributed by atoms with Crippen molar-refractivity contribution in [3.8, 4) is 0 Å². The maximum atomic E-state index is 11.0. The molecular weight excluding hydrogens is 266 g/mol. The summed E-state index contributed by atoms with van der Waals surface area (Å²) in [7, 11) is 0. The molecule has 1 fully saturated rings. The second kappa shape index (κ2) is 7.05. The van der Waals surface area contributed by atoms with E-state index in [0.717, 1.165) is 18.5 Å². The van der Waals surface area contributed by atoms with Crippen LogP contribution in [0.4, 0.5) is 0 Å². The van der Waals surface area contributed by atoms with Crippen LogP contribution in [0.15, 0.2) is 24.3 Å². The standard InChI is InChI=1S/C17H25NO3/c1-13(6-9-19)17(7-3-8-17)12-18-11-14-4-2-5-15(10-14)16(20)21/h2,4-5,10,13,18-19H,3,6-9,11-12H2,1H3,(H,20,21). The molecule has 116 valence electrons. The highest BCUT2D eigenvalue weighted by Gasteiger charge is 2.40. The van der Waals surface area contributed by atoms with Gasteiger partial charge in [0.15, 0.2) is 0 Å². The fraction of sp³-hybridized carbons (Fsp3) is 0.588. The van der Waals surface area contributed by atoms with Crippen molar-refractivity contribution in [1.82, 2.24) is 5.32 Å². The van der Waals surface area contributed by atoms with Crippen LogP contribution in [0.1, 0.15) is 48.5 Å². The Hall–Kier alpha value is -1.39. The topological polar surface area (TPSA) is 69.6 Å². The Morgan fingerprint density at radius 2 is 2.19 bits per heavy atom. The number of benzene rings is 1. The predicted molar refractivity (Wildman–Crippen MR) is 82.3 cm³/mol. The van der Waals surface area contributed by atoms with Crippen LogP contribution in [-0.4, -0.2) is 29.3 Å². The maximum absolute atomic E-state index is 11.0. The van der Waals surface area contributed by atoms with E-state index in [-0.39, 0.29) is 6.61 Å². The first-order valence-corrected chi connectivity index (χ1v) is 7.71. The summed E-state index contributed by atoms with van der Waals surface area (Å²) >= 11 is 0. The molecule has 0 spiro atoms. The van der Waals surface area contributed by atoms with Crippen molar-refractivity contribution in [3.63, 3.8) is 0 Å². The molecule has 1 aliphatic carbocycles. The smallest absolute Gasteiger partial charge is 0.335 e. The van der Waals surface area contributed by atoms with E-state index in [4.69, 9.17) is 10.2 Å². The van der Waals surface area contributed by atoms with Crippen LogP contribution in [0.3, 0.4) is 0 Å². The Morgan fingerprint density at radius 3 is 2.76 bits per heavy atom. The fourth-order valence-electron chi connectivity index (χ4n) is 3.24. The highest BCUT2D eigenvalue weighted by molar-refractivity contribution is 5.87. The molecule has 1 atom stereocenters. The van der Waals surface area contributed by atoms with Crippen molar-refractivity contribution in [1.29, 1.82) is 0 Å². The predicted octanol–water partition coefficient (Wildman–Crippen LogP) is 2.66. The summed E-state index contributed by atoms with van der Waals surface area (Å²) in [4.78, 5) is 11.0. The molecule has 0 aromatic heterocycles. The minimum Gasteiger partial charge on any atom is -0.478 e. The molecule has 21 heavy (non-hydrogen) atoms. The van der Waals surface area contributed by atoms with Gasteiger partial charge in [-0.25, -0.2) is 4.79 Å². The third kappa shape index (κ3) is 3.83. The van der Waals surface area contributed by atoms with Crippen molar-refractivity contribution in [2.24, 2.45) is 11.3 Å². The van der Waals surface area contributed by atoms with Gasteiger partial charge >= 0.3 is 5.97 Å². The number of rotatable bonds is 8. The zero-order valence-electron chi connectivity index (χ0n) is 12.6.